The van der Waals surface area contributed by atoms with Gasteiger partial charge in [0.15, 0.2) is 12.7 Å². The molecule has 1 saturated heterocycles. The van der Waals surface area contributed by atoms with E-state index in [1.54, 1.807) is 0 Å². The zero-order valence-electron chi connectivity index (χ0n) is 16.4. The quantitative estimate of drug-likeness (QED) is 0.359. The summed E-state index contributed by atoms with van der Waals surface area (Å²) in [5, 5.41) is 23.7. The van der Waals surface area contributed by atoms with E-state index in [0.29, 0.717) is 11.1 Å². The molecule has 0 saturated carbocycles. The smallest absolute Gasteiger partial charge is 0.351 e. The molecule has 1 aromatic heterocycles. The van der Waals surface area contributed by atoms with Crippen LogP contribution in [-0.2, 0) is 19.1 Å². The van der Waals surface area contributed by atoms with Gasteiger partial charge in [-0.2, -0.15) is 13.8 Å². The van der Waals surface area contributed by atoms with Crippen molar-refractivity contribution >= 4 is 17.7 Å². The van der Waals surface area contributed by atoms with Gasteiger partial charge in [-0.3, -0.25) is 14.2 Å². The molecule has 1 aliphatic rings. The lowest BCUT2D eigenvalue weighted by molar-refractivity contribution is -0.147. The number of anilines is 1. The lowest BCUT2D eigenvalue weighted by Gasteiger charge is -2.21. The Hall–Kier alpha value is -2.48. The maximum atomic E-state index is 14.1. The van der Waals surface area contributed by atoms with Crippen LogP contribution in [0.3, 0.4) is 0 Å². The number of nitrogens with one attached hydrogen (secondary N) is 2. The number of carbonyl (C=O) groups is 2. The van der Waals surface area contributed by atoms with Crippen molar-refractivity contribution < 1.29 is 38.1 Å². The second kappa shape index (κ2) is 10.0. The van der Waals surface area contributed by atoms with Crippen molar-refractivity contribution in [3.8, 4) is 0 Å². The zero-order valence-corrected chi connectivity index (χ0v) is 16.4. The van der Waals surface area contributed by atoms with E-state index in [1.165, 1.54) is 0 Å². The Kier molecular flexibility index (Phi) is 7.95. The summed E-state index contributed by atoms with van der Waals surface area (Å²) in [6.45, 7) is 2.73. The lowest BCUT2D eigenvalue weighted by atomic mass is 10.1. The molecule has 1 aromatic rings. The molecule has 0 radical (unpaired) electrons. The maximum Gasteiger partial charge on any atom is 0.351 e. The minimum Gasteiger partial charge on any atom is -0.456 e. The Morgan fingerprint density at radius 2 is 2.13 bits per heavy atom. The molecule has 1 fully saturated rings. The number of hydrogen-bond donors (Lipinski definition) is 4. The normalized spacial score (nSPS) is 22.8. The molecule has 0 spiro atoms. The number of amides is 1. The third kappa shape index (κ3) is 5.78. The van der Waals surface area contributed by atoms with Crippen molar-refractivity contribution in [1.29, 1.82) is 0 Å². The van der Waals surface area contributed by atoms with Crippen LogP contribution in [0.4, 0.5) is 14.6 Å². The Bertz CT molecular complexity index is 818. The summed E-state index contributed by atoms with van der Waals surface area (Å²) in [6, 6.07) is 1.26. The molecule has 11 nitrogen and oxygen atoms in total. The van der Waals surface area contributed by atoms with E-state index in [1.807, 2.05) is 13.8 Å². The van der Waals surface area contributed by atoms with Gasteiger partial charge in [0, 0.05) is 18.8 Å². The van der Waals surface area contributed by atoms with Gasteiger partial charge in [-0.25, -0.2) is 4.79 Å². The van der Waals surface area contributed by atoms with Crippen LogP contribution in [0.5, 0.6) is 0 Å². The second-order valence-corrected chi connectivity index (χ2v) is 6.90. The SMILES string of the molecule is CC(C)NCCC(=O)OCC(=O)Nc1ccn([C@@H]2O[C@H](CO)[C@@H](O)C2(F)F)c(=O)n1. The predicted molar refractivity (Wildman–Crippen MR) is 97.8 cm³/mol. The number of carbonyl (C=O) groups excluding carboxylic acids is 2. The molecule has 2 rings (SSSR count). The fraction of sp³-hybridized carbons (Fsp3) is 0.647. The molecule has 0 unspecified atom stereocenters. The average molecular weight is 434 g/mol. The molecule has 4 N–H and O–H groups in total. The van der Waals surface area contributed by atoms with Gasteiger partial charge in [0.2, 0.25) is 6.23 Å². The van der Waals surface area contributed by atoms with Gasteiger partial charge in [-0.1, -0.05) is 13.8 Å². The van der Waals surface area contributed by atoms with Gasteiger partial charge in [-0.05, 0) is 6.07 Å². The molecule has 0 bridgehead atoms. The number of alkyl halides is 2. The van der Waals surface area contributed by atoms with E-state index < -0.39 is 55.1 Å². The summed E-state index contributed by atoms with van der Waals surface area (Å²) in [7, 11) is 0. The second-order valence-electron chi connectivity index (χ2n) is 6.90. The average Bonchev–Trinajstić information content (AvgIpc) is 2.89. The summed E-state index contributed by atoms with van der Waals surface area (Å²) in [4.78, 5) is 38.9. The van der Waals surface area contributed by atoms with Crippen molar-refractivity contribution in [3.63, 3.8) is 0 Å². The summed E-state index contributed by atoms with van der Waals surface area (Å²) in [5.41, 5.74) is -1.18. The van der Waals surface area contributed by atoms with E-state index >= 15 is 0 Å². The Balaban J connectivity index is 1.93. The number of aromatic nitrogens is 2. The van der Waals surface area contributed by atoms with Crippen LogP contribution < -0.4 is 16.3 Å². The van der Waals surface area contributed by atoms with Crippen LogP contribution in [0.25, 0.3) is 0 Å². The number of aliphatic hydroxyl groups excluding tert-OH is 2. The van der Waals surface area contributed by atoms with Crippen LogP contribution in [0, 0.1) is 0 Å². The molecule has 1 amide bonds. The molecule has 168 valence electrons. The van der Waals surface area contributed by atoms with Crippen molar-refractivity contribution in [2.24, 2.45) is 0 Å². The number of rotatable bonds is 9. The van der Waals surface area contributed by atoms with E-state index in [-0.39, 0.29) is 18.3 Å². The monoisotopic (exact) mass is 434 g/mol. The van der Waals surface area contributed by atoms with Gasteiger partial charge in [0.25, 0.3) is 5.91 Å². The Labute approximate surface area is 170 Å². The van der Waals surface area contributed by atoms with Crippen LogP contribution in [0.2, 0.25) is 0 Å². The first-order valence-corrected chi connectivity index (χ1v) is 9.16. The molecular weight excluding hydrogens is 410 g/mol. The first-order chi connectivity index (χ1) is 14.1. The third-order valence-corrected chi connectivity index (χ3v) is 4.16. The van der Waals surface area contributed by atoms with Crippen LogP contribution >= 0.6 is 0 Å². The highest BCUT2D eigenvalue weighted by Crippen LogP contribution is 2.41. The topological polar surface area (TPSA) is 152 Å². The summed E-state index contributed by atoms with van der Waals surface area (Å²) in [5.74, 6) is -5.47. The standard InChI is InChI=1S/C17H24F2N4O7/c1-9(2)20-5-3-13(26)29-8-12(25)21-11-4-6-23(16(28)22-11)15-17(18,19)14(27)10(7-24)30-15/h4,6,9-10,14-15,20,24,27H,3,5,7-8H2,1-2H3,(H,21,22,25,28)/t10-,14-,15-/m1/s1. The van der Waals surface area contributed by atoms with Crippen molar-refractivity contribution in [1.82, 2.24) is 14.9 Å². The maximum absolute atomic E-state index is 14.1. The Morgan fingerprint density at radius 1 is 1.43 bits per heavy atom. The predicted octanol–water partition coefficient (Wildman–Crippen LogP) is -1.00. The van der Waals surface area contributed by atoms with E-state index in [0.717, 1.165) is 12.3 Å². The number of esters is 1. The minimum atomic E-state index is -3.84. The first kappa shape index (κ1) is 23.8. The molecule has 13 heteroatoms. The fourth-order valence-electron chi connectivity index (χ4n) is 2.64. The number of halogens is 2. The van der Waals surface area contributed by atoms with Crippen LogP contribution in [0.15, 0.2) is 17.1 Å². The highest BCUT2D eigenvalue weighted by molar-refractivity contribution is 5.91. The van der Waals surface area contributed by atoms with Crippen molar-refractivity contribution in [2.45, 2.75) is 50.7 Å². The molecular formula is C17H24F2N4O7. The summed E-state index contributed by atoms with van der Waals surface area (Å²) >= 11 is 0. The zero-order chi connectivity index (χ0) is 22.5. The number of hydrogen-bond acceptors (Lipinski definition) is 9. The Morgan fingerprint density at radius 3 is 2.70 bits per heavy atom. The van der Waals surface area contributed by atoms with Gasteiger partial charge in [-0.15, -0.1) is 0 Å². The van der Waals surface area contributed by atoms with Crippen molar-refractivity contribution in [2.75, 3.05) is 25.1 Å². The van der Waals surface area contributed by atoms with Gasteiger partial charge < -0.3 is 30.3 Å². The number of aliphatic hydroxyl groups is 2. The van der Waals surface area contributed by atoms with Crippen LogP contribution in [-0.4, -0.2) is 75.6 Å². The van der Waals surface area contributed by atoms with Gasteiger partial charge in [0.05, 0.1) is 13.0 Å². The third-order valence-electron chi connectivity index (χ3n) is 4.16. The molecule has 0 aromatic carbocycles. The van der Waals surface area contributed by atoms with Crippen molar-refractivity contribution in [3.05, 3.63) is 22.7 Å². The first-order valence-electron chi connectivity index (χ1n) is 9.16. The van der Waals surface area contributed by atoms with E-state index in [4.69, 9.17) is 14.6 Å². The molecule has 2 heterocycles. The van der Waals surface area contributed by atoms with Gasteiger partial charge >= 0.3 is 17.6 Å². The lowest BCUT2D eigenvalue weighted by Crippen LogP contribution is -2.41. The van der Waals surface area contributed by atoms with Gasteiger partial charge in [0.1, 0.15) is 11.9 Å². The minimum absolute atomic E-state index is 0.0655. The van der Waals surface area contributed by atoms with E-state index in [2.05, 4.69) is 15.6 Å². The largest absolute Gasteiger partial charge is 0.456 e. The summed E-state index contributed by atoms with van der Waals surface area (Å²) < 4.78 is 38.3. The number of nitrogens with zero attached hydrogens (tertiary/aromatic N) is 2. The van der Waals surface area contributed by atoms with E-state index in [9.17, 15) is 28.3 Å². The highest BCUT2D eigenvalue weighted by atomic mass is 19.3. The molecule has 1 aliphatic heterocycles. The number of ether oxygens (including phenoxy) is 2. The fourth-order valence-corrected chi connectivity index (χ4v) is 2.64. The molecule has 30 heavy (non-hydrogen) atoms. The van der Waals surface area contributed by atoms with Crippen LogP contribution in [0.1, 0.15) is 26.5 Å². The molecule has 0 aliphatic carbocycles. The summed E-state index contributed by atoms with van der Waals surface area (Å²) in [6.07, 6.45) is -5.07. The molecule has 3 atom stereocenters. The highest BCUT2D eigenvalue weighted by Gasteiger charge is 2.59.